The molecule has 8 heteroatoms. The number of benzene rings is 1. The van der Waals surface area contributed by atoms with Gasteiger partial charge in [-0.3, -0.25) is 0 Å². The van der Waals surface area contributed by atoms with E-state index in [2.05, 4.69) is 32.5 Å². The van der Waals surface area contributed by atoms with Crippen molar-refractivity contribution in [3.05, 3.63) is 52.8 Å². The zero-order valence-electron chi connectivity index (χ0n) is 15.3. The van der Waals surface area contributed by atoms with Crippen LogP contribution in [0.2, 0.25) is 0 Å². The van der Waals surface area contributed by atoms with Gasteiger partial charge in [-0.2, -0.15) is 9.61 Å². The summed E-state index contributed by atoms with van der Waals surface area (Å²) in [7, 11) is 0. The molecule has 0 saturated heterocycles. The fourth-order valence-corrected chi connectivity index (χ4v) is 3.37. The van der Waals surface area contributed by atoms with Crippen LogP contribution in [0.1, 0.15) is 42.7 Å². The van der Waals surface area contributed by atoms with Gasteiger partial charge in [0.2, 0.25) is 4.96 Å². The smallest absolute Gasteiger partial charge is 0.315 e. The molecule has 0 aliphatic rings. The van der Waals surface area contributed by atoms with Crippen LogP contribution < -0.4 is 10.6 Å². The van der Waals surface area contributed by atoms with Gasteiger partial charge >= 0.3 is 6.03 Å². The molecule has 26 heavy (non-hydrogen) atoms. The molecule has 0 fully saturated rings. The molecule has 0 bridgehead atoms. The number of fused-ring (bicyclic) bond motifs is 1. The van der Waals surface area contributed by atoms with Gasteiger partial charge in [0.15, 0.2) is 5.82 Å². The summed E-state index contributed by atoms with van der Waals surface area (Å²) in [6.07, 6.45) is 0. The highest BCUT2D eigenvalue weighted by atomic mass is 32.1. The van der Waals surface area contributed by atoms with Crippen molar-refractivity contribution in [2.24, 2.45) is 0 Å². The second-order valence-electron chi connectivity index (χ2n) is 6.73. The summed E-state index contributed by atoms with van der Waals surface area (Å²) in [5.41, 5.74) is 2.55. The fraction of sp³-hybridized carbons (Fsp3) is 0.333. The average molecular weight is 370 g/mol. The van der Waals surface area contributed by atoms with Gasteiger partial charge in [0, 0.05) is 0 Å². The Morgan fingerprint density at radius 1 is 1.35 bits per heavy atom. The van der Waals surface area contributed by atoms with Crippen LogP contribution >= 0.6 is 11.3 Å². The summed E-state index contributed by atoms with van der Waals surface area (Å²) in [6.45, 7) is 12.1. The lowest BCUT2D eigenvalue weighted by Crippen LogP contribution is -2.46. The minimum absolute atomic E-state index is 0.251. The van der Waals surface area contributed by atoms with Crippen LogP contribution in [0.4, 0.5) is 4.79 Å². The van der Waals surface area contributed by atoms with E-state index in [-0.39, 0.29) is 6.03 Å². The molecule has 0 unspecified atom stereocenters. The Morgan fingerprint density at radius 3 is 2.81 bits per heavy atom. The molecule has 0 saturated carbocycles. The van der Waals surface area contributed by atoms with Crippen LogP contribution in [0.5, 0.6) is 0 Å². The lowest BCUT2D eigenvalue weighted by atomic mass is 9.92. The van der Waals surface area contributed by atoms with Gasteiger partial charge in [0.05, 0.1) is 12.1 Å². The van der Waals surface area contributed by atoms with Crippen molar-refractivity contribution in [2.75, 3.05) is 0 Å². The number of nitrogens with zero attached hydrogens (tertiary/aromatic N) is 4. The first-order chi connectivity index (χ1) is 12.3. The number of amides is 2. The van der Waals surface area contributed by atoms with Gasteiger partial charge in [-0.1, -0.05) is 41.7 Å². The maximum Gasteiger partial charge on any atom is 0.315 e. The molecule has 2 N–H and O–H groups in total. The molecular weight excluding hydrogens is 348 g/mol. The molecule has 2 heterocycles. The predicted octanol–water partition coefficient (Wildman–Crippen LogP) is 3.26. The maximum atomic E-state index is 12.3. The quantitative estimate of drug-likeness (QED) is 0.722. The zero-order valence-corrected chi connectivity index (χ0v) is 16.1. The van der Waals surface area contributed by atoms with E-state index in [0.717, 1.165) is 32.5 Å². The molecule has 0 radical (unpaired) electrons. The van der Waals surface area contributed by atoms with Crippen molar-refractivity contribution in [2.45, 2.75) is 39.8 Å². The van der Waals surface area contributed by atoms with Crippen molar-refractivity contribution >= 4 is 27.9 Å². The Morgan fingerprint density at radius 2 is 2.12 bits per heavy atom. The summed E-state index contributed by atoms with van der Waals surface area (Å²) in [5.74, 6) is 0.727. The number of rotatable bonds is 5. The number of hydrogen-bond donors (Lipinski definition) is 2. The second kappa shape index (κ2) is 6.87. The summed E-state index contributed by atoms with van der Waals surface area (Å²) < 4.78 is 1.67. The number of aromatic nitrogens is 4. The van der Waals surface area contributed by atoms with E-state index in [1.807, 2.05) is 52.0 Å². The van der Waals surface area contributed by atoms with Crippen LogP contribution in [-0.2, 0) is 12.1 Å². The molecule has 3 rings (SSSR count). The normalized spacial score (nSPS) is 11.5. The summed E-state index contributed by atoms with van der Waals surface area (Å²) in [4.78, 5) is 13.1. The van der Waals surface area contributed by atoms with E-state index in [1.54, 1.807) is 4.52 Å². The molecule has 1 aromatic carbocycles. The molecule has 2 amide bonds. The number of allylic oxidation sites excluding steroid dienone is 1. The lowest BCUT2D eigenvalue weighted by Gasteiger charge is -2.27. The fourth-order valence-electron chi connectivity index (χ4n) is 2.56. The molecule has 136 valence electrons. The molecule has 0 spiro atoms. The molecule has 0 aliphatic carbocycles. The number of carbonyl (C=O) groups excluding carboxylic acids is 1. The van der Waals surface area contributed by atoms with Crippen LogP contribution in [-0.4, -0.2) is 25.8 Å². The van der Waals surface area contributed by atoms with Crippen molar-refractivity contribution in [1.82, 2.24) is 30.4 Å². The highest BCUT2D eigenvalue weighted by molar-refractivity contribution is 7.16. The number of urea groups is 1. The minimum atomic E-state index is -0.520. The lowest BCUT2D eigenvalue weighted by molar-refractivity contribution is 0.229. The van der Waals surface area contributed by atoms with Gasteiger partial charge < -0.3 is 10.6 Å². The number of carbonyl (C=O) groups is 1. The van der Waals surface area contributed by atoms with E-state index < -0.39 is 5.54 Å². The summed E-state index contributed by atoms with van der Waals surface area (Å²) >= 11 is 1.41. The van der Waals surface area contributed by atoms with Crippen LogP contribution in [0.15, 0.2) is 30.8 Å². The van der Waals surface area contributed by atoms with E-state index in [4.69, 9.17) is 0 Å². The SMILES string of the molecule is C=C(C)c1cccc(C(C)(C)NC(=O)NCc2nn3c(C)nnc3s2)c1. The third-order valence-electron chi connectivity index (χ3n) is 4.09. The predicted molar refractivity (Wildman–Crippen MR) is 103 cm³/mol. The first-order valence-electron chi connectivity index (χ1n) is 8.26. The molecule has 3 aromatic rings. The van der Waals surface area contributed by atoms with Gasteiger partial charge in [0.25, 0.3) is 0 Å². The van der Waals surface area contributed by atoms with Gasteiger partial charge in [0.1, 0.15) is 5.01 Å². The monoisotopic (exact) mass is 370 g/mol. The van der Waals surface area contributed by atoms with Gasteiger partial charge in [-0.15, -0.1) is 10.2 Å². The Labute approximate surface area is 156 Å². The van der Waals surface area contributed by atoms with Crippen molar-refractivity contribution < 1.29 is 4.79 Å². The second-order valence-corrected chi connectivity index (χ2v) is 7.77. The standard InChI is InChI=1S/C18H22N6OS/c1-11(2)13-7-6-8-14(9-13)18(4,5)20-16(25)19-10-15-23-24-12(3)21-22-17(24)26-15/h6-9H,1,10H2,2-5H3,(H2,19,20,25). The van der Waals surface area contributed by atoms with Crippen molar-refractivity contribution in [1.29, 1.82) is 0 Å². The van der Waals surface area contributed by atoms with Crippen LogP contribution in [0.3, 0.4) is 0 Å². The van der Waals surface area contributed by atoms with Crippen molar-refractivity contribution in [3.63, 3.8) is 0 Å². The average Bonchev–Trinajstić information content (AvgIpc) is 3.14. The molecule has 2 aromatic heterocycles. The zero-order chi connectivity index (χ0) is 18.9. The Bertz CT molecular complexity index is 971. The number of hydrogen-bond acceptors (Lipinski definition) is 5. The van der Waals surface area contributed by atoms with Crippen molar-refractivity contribution in [3.8, 4) is 0 Å². The largest absolute Gasteiger partial charge is 0.332 e. The number of nitrogens with one attached hydrogen (secondary N) is 2. The van der Waals surface area contributed by atoms with Crippen LogP contribution in [0, 0.1) is 6.92 Å². The third kappa shape index (κ3) is 3.75. The van der Waals surface area contributed by atoms with E-state index in [1.165, 1.54) is 11.3 Å². The van der Waals surface area contributed by atoms with E-state index in [0.29, 0.717) is 6.54 Å². The molecule has 0 aliphatic heterocycles. The van der Waals surface area contributed by atoms with E-state index >= 15 is 0 Å². The highest BCUT2D eigenvalue weighted by Gasteiger charge is 2.23. The van der Waals surface area contributed by atoms with Gasteiger partial charge in [-0.25, -0.2) is 4.79 Å². The first-order valence-corrected chi connectivity index (χ1v) is 9.08. The van der Waals surface area contributed by atoms with Gasteiger partial charge in [-0.05, 0) is 44.9 Å². The molecular formula is C18H22N6OS. The molecule has 0 atom stereocenters. The van der Waals surface area contributed by atoms with Crippen LogP contribution in [0.25, 0.3) is 10.5 Å². The third-order valence-corrected chi connectivity index (χ3v) is 4.99. The Balaban J connectivity index is 1.64. The first kappa shape index (κ1) is 18.1. The topological polar surface area (TPSA) is 84.2 Å². The molecule has 7 nitrogen and oxygen atoms in total. The summed E-state index contributed by atoms with van der Waals surface area (Å²) in [5, 5.41) is 19.0. The summed E-state index contributed by atoms with van der Waals surface area (Å²) in [6, 6.07) is 7.78. The number of aryl methyl sites for hydroxylation is 1. The Hall–Kier alpha value is -2.74. The highest BCUT2D eigenvalue weighted by Crippen LogP contribution is 2.23. The Kier molecular flexibility index (Phi) is 4.78. The van der Waals surface area contributed by atoms with E-state index in [9.17, 15) is 4.79 Å². The maximum absolute atomic E-state index is 12.3. The minimum Gasteiger partial charge on any atom is -0.332 e.